The lowest BCUT2D eigenvalue weighted by atomic mass is 10.3. The van der Waals surface area contributed by atoms with E-state index >= 15 is 0 Å². The predicted octanol–water partition coefficient (Wildman–Crippen LogP) is 1.71. The first kappa shape index (κ1) is 13.3. The summed E-state index contributed by atoms with van der Waals surface area (Å²) in [5, 5.41) is 0.293. The first-order valence-electron chi connectivity index (χ1n) is 5.97. The maximum absolute atomic E-state index is 12.4. The maximum atomic E-state index is 12.4. The smallest absolute Gasteiger partial charge is 0.388 e. The Morgan fingerprint density at radius 3 is 2.85 bits per heavy atom. The van der Waals surface area contributed by atoms with Crippen LogP contribution in [0.15, 0.2) is 6.20 Å². The summed E-state index contributed by atoms with van der Waals surface area (Å²) in [7, 11) is 0. The number of fused-ring (bicyclic) bond motifs is 1. The summed E-state index contributed by atoms with van der Waals surface area (Å²) in [5.74, 6) is -0.194. The number of rotatable bonds is 3. The number of aromatic nitrogens is 2. The van der Waals surface area contributed by atoms with Crippen LogP contribution >= 0.6 is 11.3 Å². The zero-order chi connectivity index (χ0) is 14.1. The number of nitrogens with two attached hydrogens (primary N) is 1. The second-order valence-electron chi connectivity index (χ2n) is 4.16. The van der Waals surface area contributed by atoms with Crippen molar-refractivity contribution in [3.8, 4) is 5.88 Å². The number of nitrogens with zero attached hydrogens (tertiary/aromatic N) is 3. The SMILES string of the molecule is Nc1nc2c(OC(F)F)ncc(N3CCOCC3)c2s1. The highest BCUT2D eigenvalue weighted by molar-refractivity contribution is 7.22. The number of thiazole rings is 1. The molecular weight excluding hydrogens is 290 g/mol. The summed E-state index contributed by atoms with van der Waals surface area (Å²) in [6.07, 6.45) is 1.52. The van der Waals surface area contributed by atoms with Crippen LogP contribution in [0.1, 0.15) is 0 Å². The number of ether oxygens (including phenoxy) is 2. The van der Waals surface area contributed by atoms with Crippen LogP contribution in [0.2, 0.25) is 0 Å². The molecule has 0 bridgehead atoms. The Morgan fingerprint density at radius 2 is 2.15 bits per heavy atom. The van der Waals surface area contributed by atoms with E-state index in [1.807, 2.05) is 0 Å². The quantitative estimate of drug-likeness (QED) is 0.930. The van der Waals surface area contributed by atoms with E-state index in [1.54, 1.807) is 0 Å². The number of pyridine rings is 1. The van der Waals surface area contributed by atoms with Crippen molar-refractivity contribution in [2.24, 2.45) is 0 Å². The Bertz CT molecular complexity index is 616. The zero-order valence-corrected chi connectivity index (χ0v) is 11.2. The Kier molecular flexibility index (Phi) is 3.53. The first-order chi connectivity index (χ1) is 9.65. The molecule has 108 valence electrons. The van der Waals surface area contributed by atoms with E-state index in [1.165, 1.54) is 17.5 Å². The second-order valence-corrected chi connectivity index (χ2v) is 5.19. The molecule has 20 heavy (non-hydrogen) atoms. The molecule has 0 spiro atoms. The molecule has 0 aromatic carbocycles. The minimum absolute atomic E-state index is 0.194. The third-order valence-corrected chi connectivity index (χ3v) is 3.84. The Hall–Kier alpha value is -1.74. The van der Waals surface area contributed by atoms with Crippen molar-refractivity contribution in [1.29, 1.82) is 0 Å². The molecule has 1 fully saturated rings. The molecule has 2 aromatic heterocycles. The van der Waals surface area contributed by atoms with Gasteiger partial charge in [-0.15, -0.1) is 0 Å². The van der Waals surface area contributed by atoms with Crippen molar-refractivity contribution in [1.82, 2.24) is 9.97 Å². The standard InChI is InChI=1S/C11H12F2N4O2S/c12-10(13)19-9-7-8(20-11(14)16-7)6(5-15-9)17-1-3-18-4-2-17/h5,10H,1-4H2,(H2,14,16). The van der Waals surface area contributed by atoms with Gasteiger partial charge in [-0.3, -0.25) is 0 Å². The number of nitrogen functional groups attached to an aromatic ring is 1. The fraction of sp³-hybridized carbons (Fsp3) is 0.455. The molecule has 1 aliphatic heterocycles. The molecule has 0 saturated carbocycles. The van der Waals surface area contributed by atoms with Gasteiger partial charge in [0.05, 0.1) is 29.8 Å². The van der Waals surface area contributed by atoms with Crippen LogP contribution in [0, 0.1) is 0 Å². The molecule has 0 amide bonds. The van der Waals surface area contributed by atoms with E-state index in [9.17, 15) is 8.78 Å². The van der Waals surface area contributed by atoms with Gasteiger partial charge in [0.2, 0.25) is 5.88 Å². The average Bonchev–Trinajstić information content (AvgIpc) is 2.81. The number of anilines is 2. The fourth-order valence-electron chi connectivity index (χ4n) is 2.09. The summed E-state index contributed by atoms with van der Waals surface area (Å²) >= 11 is 1.23. The van der Waals surface area contributed by atoms with Crippen molar-refractivity contribution < 1.29 is 18.3 Å². The van der Waals surface area contributed by atoms with Gasteiger partial charge >= 0.3 is 6.61 Å². The first-order valence-corrected chi connectivity index (χ1v) is 6.79. The highest BCUT2D eigenvalue weighted by Gasteiger charge is 2.21. The van der Waals surface area contributed by atoms with Crippen LogP contribution in [0.25, 0.3) is 10.2 Å². The Balaban J connectivity index is 2.05. The largest absolute Gasteiger partial charge is 0.415 e. The molecule has 2 N–H and O–H groups in total. The molecule has 9 heteroatoms. The molecule has 1 saturated heterocycles. The minimum Gasteiger partial charge on any atom is -0.415 e. The van der Waals surface area contributed by atoms with Crippen molar-refractivity contribution in [3.63, 3.8) is 0 Å². The third kappa shape index (κ3) is 2.46. The highest BCUT2D eigenvalue weighted by Crippen LogP contribution is 2.37. The van der Waals surface area contributed by atoms with Gasteiger partial charge in [0.25, 0.3) is 0 Å². The molecule has 0 atom stereocenters. The minimum atomic E-state index is -2.94. The van der Waals surface area contributed by atoms with E-state index in [0.29, 0.717) is 36.1 Å². The number of alkyl halides is 2. The highest BCUT2D eigenvalue weighted by atomic mass is 32.1. The maximum Gasteiger partial charge on any atom is 0.388 e. The Labute approximate surface area is 117 Å². The van der Waals surface area contributed by atoms with Crippen LogP contribution in [-0.2, 0) is 4.74 Å². The van der Waals surface area contributed by atoms with Gasteiger partial charge in [0.15, 0.2) is 5.13 Å². The number of hydrogen-bond donors (Lipinski definition) is 1. The molecule has 0 aliphatic carbocycles. The lowest BCUT2D eigenvalue weighted by molar-refractivity contribution is -0.0518. The van der Waals surface area contributed by atoms with Gasteiger partial charge < -0.3 is 20.1 Å². The van der Waals surface area contributed by atoms with E-state index in [4.69, 9.17) is 10.5 Å². The predicted molar refractivity (Wildman–Crippen MR) is 71.5 cm³/mol. The molecular formula is C11H12F2N4O2S. The molecule has 6 nitrogen and oxygen atoms in total. The number of morpholine rings is 1. The van der Waals surface area contributed by atoms with Crippen LogP contribution in [0.4, 0.5) is 19.6 Å². The van der Waals surface area contributed by atoms with Gasteiger partial charge in [-0.2, -0.15) is 8.78 Å². The van der Waals surface area contributed by atoms with Crippen LogP contribution in [-0.4, -0.2) is 42.9 Å². The monoisotopic (exact) mass is 302 g/mol. The van der Waals surface area contributed by atoms with Gasteiger partial charge in [-0.25, -0.2) is 9.97 Å². The summed E-state index contributed by atoms with van der Waals surface area (Å²) < 4.78 is 35.1. The van der Waals surface area contributed by atoms with Gasteiger partial charge in [0, 0.05) is 13.1 Å². The average molecular weight is 302 g/mol. The lowest BCUT2D eigenvalue weighted by Crippen LogP contribution is -2.36. The van der Waals surface area contributed by atoms with E-state index < -0.39 is 6.61 Å². The van der Waals surface area contributed by atoms with E-state index in [0.717, 1.165) is 5.69 Å². The summed E-state index contributed by atoms with van der Waals surface area (Å²) in [6, 6.07) is 0. The summed E-state index contributed by atoms with van der Waals surface area (Å²) in [5.41, 5.74) is 6.78. The zero-order valence-electron chi connectivity index (χ0n) is 10.4. The third-order valence-electron chi connectivity index (χ3n) is 2.94. The van der Waals surface area contributed by atoms with E-state index in [-0.39, 0.29) is 11.4 Å². The van der Waals surface area contributed by atoms with Crippen LogP contribution in [0.3, 0.4) is 0 Å². The fourth-order valence-corrected chi connectivity index (χ4v) is 2.96. The molecule has 1 aliphatic rings. The molecule has 0 radical (unpaired) electrons. The van der Waals surface area contributed by atoms with Crippen molar-refractivity contribution in [2.75, 3.05) is 36.9 Å². The van der Waals surface area contributed by atoms with Crippen molar-refractivity contribution in [3.05, 3.63) is 6.20 Å². The normalized spacial score (nSPS) is 16.1. The van der Waals surface area contributed by atoms with Crippen LogP contribution in [0.5, 0.6) is 5.88 Å². The molecule has 3 heterocycles. The topological polar surface area (TPSA) is 73.5 Å². The lowest BCUT2D eigenvalue weighted by Gasteiger charge is -2.28. The summed E-state index contributed by atoms with van der Waals surface area (Å²) in [6.45, 7) is -0.286. The molecule has 3 rings (SSSR count). The van der Waals surface area contributed by atoms with Gasteiger partial charge in [-0.1, -0.05) is 11.3 Å². The van der Waals surface area contributed by atoms with Crippen LogP contribution < -0.4 is 15.4 Å². The molecule has 0 unspecified atom stereocenters. The number of hydrogen-bond acceptors (Lipinski definition) is 7. The van der Waals surface area contributed by atoms with E-state index in [2.05, 4.69) is 19.6 Å². The van der Waals surface area contributed by atoms with Crippen molar-refractivity contribution >= 4 is 32.4 Å². The van der Waals surface area contributed by atoms with Gasteiger partial charge in [-0.05, 0) is 0 Å². The number of halogens is 2. The second kappa shape index (κ2) is 5.33. The van der Waals surface area contributed by atoms with Gasteiger partial charge in [0.1, 0.15) is 5.52 Å². The van der Waals surface area contributed by atoms with Crippen molar-refractivity contribution in [2.45, 2.75) is 6.61 Å². The molecule has 2 aromatic rings. The summed E-state index contributed by atoms with van der Waals surface area (Å²) in [4.78, 5) is 10.1. The Morgan fingerprint density at radius 1 is 1.40 bits per heavy atom.